The van der Waals surface area contributed by atoms with Crippen LogP contribution >= 0.6 is 23.5 Å². The molecule has 1 amide bonds. The van der Waals surface area contributed by atoms with Crippen molar-refractivity contribution in [1.82, 2.24) is 5.32 Å². The van der Waals surface area contributed by atoms with Crippen LogP contribution in [0.3, 0.4) is 0 Å². The summed E-state index contributed by atoms with van der Waals surface area (Å²) in [6, 6.07) is 0. The van der Waals surface area contributed by atoms with E-state index >= 15 is 0 Å². The highest BCUT2D eigenvalue weighted by Crippen LogP contribution is 2.28. The minimum atomic E-state index is -1.26. The second-order valence-electron chi connectivity index (χ2n) is 3.76. The van der Waals surface area contributed by atoms with Crippen LogP contribution in [0, 0.1) is 0 Å². The molecule has 5 nitrogen and oxygen atoms in total. The van der Waals surface area contributed by atoms with Gasteiger partial charge < -0.3 is 20.6 Å². The smallest absolute Gasteiger partial charge is 0.216 e. The molecule has 0 radical (unpaired) electrons. The molecular weight excluding hydrogens is 274 g/mol. The molecule has 3 atom stereocenters. The van der Waals surface area contributed by atoms with Crippen LogP contribution < -0.4 is 5.32 Å². The summed E-state index contributed by atoms with van der Waals surface area (Å²) in [4.78, 5) is 10.7. The number of nitrogens with one attached hydrogen (secondary N) is 1. The van der Waals surface area contributed by atoms with E-state index in [1.54, 1.807) is 0 Å². The Hall–Kier alpha value is 0.0500. The predicted molar refractivity (Wildman–Crippen MR) is 76.8 cm³/mol. The molecule has 0 aromatic rings. The predicted octanol–water partition coefficient (Wildman–Crippen LogP) is 0.0375. The highest BCUT2D eigenvalue weighted by Gasteiger charge is 2.31. The van der Waals surface area contributed by atoms with Crippen molar-refractivity contribution in [1.29, 1.82) is 0 Å². The third-order valence-corrected chi connectivity index (χ3v) is 4.94. The van der Waals surface area contributed by atoms with E-state index in [1.165, 1.54) is 30.4 Å². The van der Waals surface area contributed by atoms with E-state index in [-0.39, 0.29) is 17.0 Å². The summed E-state index contributed by atoms with van der Waals surface area (Å²) >= 11 is 3.07. The Labute approximate surface area is 117 Å². The third-order valence-electron chi connectivity index (χ3n) is 2.24. The van der Waals surface area contributed by atoms with E-state index in [2.05, 4.69) is 5.32 Å². The van der Waals surface area contributed by atoms with Crippen molar-refractivity contribution in [2.24, 2.45) is 0 Å². The Morgan fingerprint density at radius 1 is 1.11 bits per heavy atom. The number of hydrogen-bond donors (Lipinski definition) is 4. The summed E-state index contributed by atoms with van der Waals surface area (Å²) in [5.41, 5.74) is 0. The van der Waals surface area contributed by atoms with Crippen molar-refractivity contribution in [3.8, 4) is 0 Å². The first-order valence-corrected chi connectivity index (χ1v) is 8.05. The molecule has 108 valence electrons. The maximum absolute atomic E-state index is 10.7. The average Bonchev–Trinajstić information content (AvgIpc) is 2.33. The van der Waals surface area contributed by atoms with Gasteiger partial charge in [0.05, 0.1) is 10.7 Å². The summed E-state index contributed by atoms with van der Waals surface area (Å²) < 4.78 is -0.179. The molecule has 0 heterocycles. The fourth-order valence-electron chi connectivity index (χ4n) is 1.33. The lowest BCUT2D eigenvalue weighted by Gasteiger charge is -2.28. The van der Waals surface area contributed by atoms with Crippen molar-refractivity contribution >= 4 is 29.4 Å². The fraction of sp³-hybridized carbons (Fsp3) is 0.909. The van der Waals surface area contributed by atoms with Gasteiger partial charge in [0, 0.05) is 13.5 Å². The summed E-state index contributed by atoms with van der Waals surface area (Å²) in [7, 11) is 0. The van der Waals surface area contributed by atoms with Gasteiger partial charge in [-0.2, -0.15) is 0 Å². The Bertz CT molecular complexity index is 237. The Morgan fingerprint density at radius 3 is 2.00 bits per heavy atom. The molecule has 0 aliphatic rings. The minimum absolute atomic E-state index is 0.0616. The number of aliphatic hydroxyl groups is 3. The third kappa shape index (κ3) is 6.84. The molecule has 0 aliphatic heterocycles. The highest BCUT2D eigenvalue weighted by molar-refractivity contribution is 8.17. The van der Waals surface area contributed by atoms with Crippen molar-refractivity contribution in [2.75, 3.05) is 18.1 Å². The first kappa shape index (κ1) is 18.0. The number of rotatable bonds is 9. The molecular formula is C11H23NO4S2. The molecule has 3 unspecified atom stereocenters. The lowest BCUT2D eigenvalue weighted by molar-refractivity contribution is -0.120. The van der Waals surface area contributed by atoms with Gasteiger partial charge in [0.25, 0.3) is 0 Å². The van der Waals surface area contributed by atoms with E-state index in [4.69, 9.17) is 0 Å². The minimum Gasteiger partial charge on any atom is -0.388 e. The molecule has 0 spiro atoms. The van der Waals surface area contributed by atoms with Gasteiger partial charge in [-0.25, -0.2) is 0 Å². The van der Waals surface area contributed by atoms with Gasteiger partial charge in [-0.15, -0.1) is 23.5 Å². The molecule has 0 fully saturated rings. The highest BCUT2D eigenvalue weighted by atomic mass is 32.2. The largest absolute Gasteiger partial charge is 0.388 e. The van der Waals surface area contributed by atoms with Crippen LogP contribution in [0.5, 0.6) is 0 Å². The monoisotopic (exact) mass is 297 g/mol. The van der Waals surface area contributed by atoms with Gasteiger partial charge >= 0.3 is 0 Å². The van der Waals surface area contributed by atoms with Crippen LogP contribution in [-0.4, -0.2) is 62.2 Å². The van der Waals surface area contributed by atoms with E-state index in [0.717, 1.165) is 11.5 Å². The Morgan fingerprint density at radius 2 is 1.61 bits per heavy atom. The average molecular weight is 297 g/mol. The molecule has 0 aromatic heterocycles. The summed E-state index contributed by atoms with van der Waals surface area (Å²) in [5, 5.41) is 31.9. The Kier molecular flexibility index (Phi) is 9.94. The van der Waals surface area contributed by atoms with Crippen LogP contribution in [0.25, 0.3) is 0 Å². The van der Waals surface area contributed by atoms with Crippen LogP contribution in [0.4, 0.5) is 0 Å². The van der Waals surface area contributed by atoms with Gasteiger partial charge in [-0.3, -0.25) is 4.79 Å². The Balaban J connectivity index is 4.33. The number of amides is 1. The summed E-state index contributed by atoms with van der Waals surface area (Å²) in [5.74, 6) is 1.37. The van der Waals surface area contributed by atoms with Gasteiger partial charge in [0.15, 0.2) is 0 Å². The van der Waals surface area contributed by atoms with Crippen LogP contribution in [0.15, 0.2) is 0 Å². The number of hydrogen-bond acceptors (Lipinski definition) is 6. The quantitative estimate of drug-likeness (QED) is 0.449. The standard InChI is InChI=1S/C11H23NO4S2/c1-4-17-11(18-5-2)10(16)9(15)8(14)6-12-7(3)13/h8-11,14-16H,4-6H2,1-3H3,(H,12,13). The normalized spacial score (nSPS) is 16.4. The number of aliphatic hydroxyl groups excluding tert-OH is 3. The lowest BCUT2D eigenvalue weighted by atomic mass is 10.1. The van der Waals surface area contributed by atoms with Crippen LogP contribution in [0.2, 0.25) is 0 Å². The number of thioether (sulfide) groups is 2. The van der Waals surface area contributed by atoms with E-state index in [0.29, 0.717) is 0 Å². The molecule has 0 aliphatic carbocycles. The van der Waals surface area contributed by atoms with Crippen LogP contribution in [-0.2, 0) is 4.79 Å². The van der Waals surface area contributed by atoms with Crippen molar-refractivity contribution in [3.05, 3.63) is 0 Å². The summed E-state index contributed by atoms with van der Waals surface area (Å²) in [6.07, 6.45) is -3.45. The van der Waals surface area contributed by atoms with Crippen molar-refractivity contribution in [3.63, 3.8) is 0 Å². The SMILES string of the molecule is CCSC(SCC)C(O)C(O)C(O)CNC(C)=O. The van der Waals surface area contributed by atoms with Gasteiger partial charge in [0.2, 0.25) is 5.91 Å². The van der Waals surface area contributed by atoms with Crippen molar-refractivity contribution < 1.29 is 20.1 Å². The zero-order valence-corrected chi connectivity index (χ0v) is 12.6. The van der Waals surface area contributed by atoms with Crippen molar-refractivity contribution in [2.45, 2.75) is 43.7 Å². The fourth-order valence-corrected chi connectivity index (χ4v) is 3.91. The van der Waals surface area contributed by atoms with E-state index in [9.17, 15) is 20.1 Å². The zero-order valence-electron chi connectivity index (χ0n) is 11.0. The first-order valence-electron chi connectivity index (χ1n) is 5.95. The second-order valence-corrected chi connectivity index (χ2v) is 6.90. The maximum Gasteiger partial charge on any atom is 0.216 e. The molecule has 0 bridgehead atoms. The molecule has 7 heteroatoms. The maximum atomic E-state index is 10.7. The number of carbonyl (C=O) groups excluding carboxylic acids is 1. The van der Waals surface area contributed by atoms with Gasteiger partial charge in [0.1, 0.15) is 12.2 Å². The van der Waals surface area contributed by atoms with Gasteiger partial charge in [-0.05, 0) is 11.5 Å². The molecule has 4 N–H and O–H groups in total. The molecule has 18 heavy (non-hydrogen) atoms. The zero-order chi connectivity index (χ0) is 14.1. The molecule has 0 saturated heterocycles. The van der Waals surface area contributed by atoms with Crippen LogP contribution in [0.1, 0.15) is 20.8 Å². The molecule has 0 aromatic carbocycles. The molecule has 0 rings (SSSR count). The van der Waals surface area contributed by atoms with E-state index < -0.39 is 18.3 Å². The first-order chi connectivity index (χ1) is 8.43. The van der Waals surface area contributed by atoms with E-state index in [1.807, 2.05) is 13.8 Å². The number of carbonyl (C=O) groups is 1. The summed E-state index contributed by atoms with van der Waals surface area (Å²) in [6.45, 7) is 5.22. The van der Waals surface area contributed by atoms with Gasteiger partial charge in [-0.1, -0.05) is 13.8 Å². The lowest BCUT2D eigenvalue weighted by Crippen LogP contribution is -2.47. The second kappa shape index (κ2) is 9.91. The topological polar surface area (TPSA) is 89.8 Å². The molecule has 0 saturated carbocycles.